The summed E-state index contributed by atoms with van der Waals surface area (Å²) in [5.41, 5.74) is 0. The molecule has 4 atom stereocenters. The fraction of sp³-hybridized carbons (Fsp3) is 0.118. The smallest absolute Gasteiger partial charge is 0.346 e. The van der Waals surface area contributed by atoms with Gasteiger partial charge in [0, 0.05) is 6.54 Å². The maximum atomic E-state index is 7.42. The van der Waals surface area contributed by atoms with Crippen LogP contribution in [0.15, 0.2) is 166 Å². The Hall–Kier alpha value is -3.92. The number of nitrogens with zero attached hydrogens (tertiary/aromatic N) is 3. The fourth-order valence-corrected chi connectivity index (χ4v) is 12.7. The van der Waals surface area contributed by atoms with Crippen LogP contribution in [0.2, 0.25) is 0 Å². The van der Waals surface area contributed by atoms with E-state index in [2.05, 4.69) is 0 Å². The maximum absolute atomic E-state index is 7.42. The summed E-state index contributed by atoms with van der Waals surface area (Å²) in [6.07, 6.45) is 0. The molecule has 6 rings (SSSR count). The molecular weight excluding hydrogens is 659 g/mol. The third-order valence-corrected chi connectivity index (χ3v) is 14.5. The monoisotopic (exact) mass is 691 g/mol. The number of halogens is 1. The Bertz CT molecular complexity index is 1810. The van der Waals surface area contributed by atoms with E-state index in [0.29, 0.717) is 35.3 Å². The Kier molecular flexibility index (Phi) is 10.5. The van der Waals surface area contributed by atoms with E-state index in [1.807, 2.05) is 159 Å². The molecule has 5 aromatic carbocycles. The number of hydrogen-bond acceptors (Lipinski definition) is 7. The Labute approximate surface area is 275 Å². The van der Waals surface area contributed by atoms with Crippen LogP contribution in [-0.4, -0.2) is 18.2 Å². The Morgan fingerprint density at radius 3 is 1.54 bits per heavy atom. The summed E-state index contributed by atoms with van der Waals surface area (Å²) in [6, 6.07) is 47.1. The van der Waals surface area contributed by atoms with Gasteiger partial charge in [0.05, 0.1) is 0 Å². The van der Waals surface area contributed by atoms with Crippen molar-refractivity contribution in [2.45, 2.75) is 18.6 Å². The van der Waals surface area contributed by atoms with E-state index in [-0.39, 0.29) is 0 Å². The average Bonchev–Trinajstić information content (AvgIpc) is 3.63. The predicted molar refractivity (Wildman–Crippen MR) is 189 cm³/mol. The van der Waals surface area contributed by atoms with E-state index >= 15 is 0 Å². The van der Waals surface area contributed by atoms with Crippen molar-refractivity contribution in [3.8, 4) is 28.7 Å². The molecule has 8 nitrogen and oxygen atoms in total. The molecule has 0 amide bonds. The molecule has 0 saturated carbocycles. The van der Waals surface area contributed by atoms with E-state index in [9.17, 15) is 0 Å². The first-order chi connectivity index (χ1) is 22.6. The van der Waals surface area contributed by atoms with Gasteiger partial charge in [-0.3, -0.25) is 4.74 Å². The summed E-state index contributed by atoms with van der Waals surface area (Å²) in [5.74, 6) is 2.00. The third-order valence-electron chi connectivity index (χ3n) is 6.59. The van der Waals surface area contributed by atoms with Gasteiger partial charge in [0.15, 0.2) is 11.6 Å². The van der Waals surface area contributed by atoms with Crippen molar-refractivity contribution in [2.24, 2.45) is 14.0 Å². The van der Waals surface area contributed by atoms with Crippen LogP contribution in [0.1, 0.15) is 6.92 Å². The van der Waals surface area contributed by atoms with Gasteiger partial charge in [0.1, 0.15) is 28.7 Å². The molecule has 1 aliphatic heterocycles. The molecule has 0 N–H and O–H groups in total. The second-order valence-electron chi connectivity index (χ2n) is 9.96. The van der Waals surface area contributed by atoms with Crippen molar-refractivity contribution >= 4 is 33.5 Å². The van der Waals surface area contributed by atoms with Crippen LogP contribution in [0.4, 0.5) is 0 Å². The molecule has 0 spiro atoms. The number of hydrogen-bond donors (Lipinski definition) is 0. The van der Waals surface area contributed by atoms with Crippen molar-refractivity contribution in [3.63, 3.8) is 0 Å². The van der Waals surface area contributed by atoms with E-state index < -0.39 is 33.9 Å². The van der Waals surface area contributed by atoms with Crippen LogP contribution in [-0.2, 0) is 0 Å². The lowest BCUT2D eigenvalue weighted by molar-refractivity contribution is 0.312. The van der Waals surface area contributed by atoms with Gasteiger partial charge >= 0.3 is 15.0 Å². The normalized spacial score (nSPS) is 19.6. The second-order valence-corrected chi connectivity index (χ2v) is 17.2. The Balaban J connectivity index is 1.47. The highest BCUT2D eigenvalue weighted by molar-refractivity contribution is 7.88. The molecule has 0 bridgehead atoms. The molecule has 0 radical (unpaired) electrons. The van der Waals surface area contributed by atoms with Crippen molar-refractivity contribution < 1.29 is 22.8 Å². The predicted octanol–water partition coefficient (Wildman–Crippen LogP) is 11.6. The third kappa shape index (κ3) is 8.26. The van der Waals surface area contributed by atoms with Crippen LogP contribution >= 0.6 is 33.5 Å². The van der Waals surface area contributed by atoms with Gasteiger partial charge in [-0.25, -0.2) is 4.74 Å². The van der Waals surface area contributed by atoms with Gasteiger partial charge in [-0.2, -0.15) is 0 Å². The second kappa shape index (κ2) is 15.1. The molecule has 46 heavy (non-hydrogen) atoms. The highest BCUT2D eigenvalue weighted by Gasteiger charge is 2.66. The van der Waals surface area contributed by atoms with E-state index in [1.165, 1.54) is 0 Å². The molecule has 4 unspecified atom stereocenters. The summed E-state index contributed by atoms with van der Waals surface area (Å²) in [6.45, 7) is -1.06. The lowest BCUT2D eigenvalue weighted by Gasteiger charge is -2.18. The molecule has 5 aromatic rings. The first-order valence-corrected chi connectivity index (χ1v) is 20.3. The molecular formula is C34H33ClN3O5P3. The van der Waals surface area contributed by atoms with E-state index in [4.69, 9.17) is 48.1 Å². The van der Waals surface area contributed by atoms with Crippen LogP contribution in [0.5, 0.6) is 28.7 Å². The highest BCUT2D eigenvalue weighted by Crippen LogP contribution is 2.80. The first-order valence-electron chi connectivity index (χ1n) is 14.7. The van der Waals surface area contributed by atoms with Gasteiger partial charge in [-0.05, 0) is 78.8 Å². The SMILES string of the molecule is CCN=P1(Oc2ccccc2)C(N=P(Cl)(N=[PH](Oc2ccccc2)Oc2ccccc2)Oc2ccccc2)C1Oc1ccccc1. The van der Waals surface area contributed by atoms with Crippen LogP contribution in [0.25, 0.3) is 0 Å². The molecule has 1 saturated heterocycles. The number of ether oxygens (including phenoxy) is 1. The summed E-state index contributed by atoms with van der Waals surface area (Å²) in [4.78, 5) is 0. The quantitative estimate of drug-likeness (QED) is 0.115. The maximum Gasteiger partial charge on any atom is 0.346 e. The van der Waals surface area contributed by atoms with Gasteiger partial charge in [-0.15, -0.1) is 4.52 Å². The minimum absolute atomic E-state index is 0.497. The van der Waals surface area contributed by atoms with Crippen molar-refractivity contribution in [2.75, 3.05) is 6.54 Å². The first kappa shape index (κ1) is 32.0. The van der Waals surface area contributed by atoms with Gasteiger partial charge < -0.3 is 22.8 Å². The minimum Gasteiger partial charge on any atom is -0.478 e. The van der Waals surface area contributed by atoms with Crippen LogP contribution in [0, 0.1) is 0 Å². The molecule has 1 fully saturated rings. The topological polar surface area (TPSA) is 83.2 Å². The number of para-hydroxylation sites is 5. The minimum atomic E-state index is -3.54. The van der Waals surface area contributed by atoms with E-state index in [1.54, 1.807) is 0 Å². The summed E-state index contributed by atoms with van der Waals surface area (Å²) >= 11 is 7.42. The summed E-state index contributed by atoms with van der Waals surface area (Å²) < 4.78 is 47.4. The van der Waals surface area contributed by atoms with Gasteiger partial charge in [-0.1, -0.05) is 91.0 Å². The van der Waals surface area contributed by atoms with Crippen LogP contribution in [0.3, 0.4) is 0 Å². The van der Waals surface area contributed by atoms with Crippen molar-refractivity contribution in [3.05, 3.63) is 152 Å². The molecule has 1 heterocycles. The average molecular weight is 692 g/mol. The Morgan fingerprint density at radius 1 is 0.630 bits per heavy atom. The van der Waals surface area contributed by atoms with Crippen molar-refractivity contribution in [1.29, 1.82) is 0 Å². The number of benzene rings is 5. The zero-order valence-electron chi connectivity index (χ0n) is 25.0. The van der Waals surface area contributed by atoms with Gasteiger partial charge in [0.25, 0.3) is 0 Å². The summed E-state index contributed by atoms with van der Waals surface area (Å²) in [5, 5.41) is 0. The zero-order chi connectivity index (χ0) is 31.7. The van der Waals surface area contributed by atoms with Gasteiger partial charge in [0.2, 0.25) is 7.28 Å². The molecule has 236 valence electrons. The molecule has 0 aliphatic carbocycles. The lowest BCUT2D eigenvalue weighted by atomic mass is 10.3. The summed E-state index contributed by atoms with van der Waals surface area (Å²) in [7, 11) is -5.21. The number of rotatable bonds is 13. The molecule has 0 aromatic heterocycles. The largest absolute Gasteiger partial charge is 0.478 e. The highest BCUT2D eigenvalue weighted by atomic mass is 35.7. The van der Waals surface area contributed by atoms with Crippen molar-refractivity contribution in [1.82, 2.24) is 0 Å². The molecule has 1 aliphatic rings. The Morgan fingerprint density at radius 2 is 1.07 bits per heavy atom. The lowest BCUT2D eigenvalue weighted by Crippen LogP contribution is -2.02. The van der Waals surface area contributed by atoms with Crippen LogP contribution < -0.4 is 22.8 Å². The zero-order valence-corrected chi connectivity index (χ0v) is 28.5. The standard InChI is InChI=1S/C34H33ClN3O5P3/c1-2-36-45(42-31-24-14-6-15-25-31)33(34(45)39-28-18-8-3-9-19-28)37-46(35,43-32-26-16-7-17-27-32)38-44(40-29-20-10-4-11-21-29)41-30-22-12-5-13-23-30/h3-27,33-34,44H,2H2,1H3. The molecule has 12 heteroatoms. The van der Waals surface area contributed by atoms with E-state index in [0.717, 1.165) is 0 Å². The fourth-order valence-electron chi connectivity index (χ4n) is 4.52.